The number of para-hydroxylation sites is 2. The Labute approximate surface area is 350 Å². The second-order valence-electron chi connectivity index (χ2n) is 10.8. The second-order valence-corrected chi connectivity index (χ2v) is 10.8. The normalized spacial score (nSPS) is 20.6. The van der Waals surface area contributed by atoms with Crippen molar-refractivity contribution in [2.24, 2.45) is 0 Å². The van der Waals surface area contributed by atoms with E-state index in [9.17, 15) is 20.6 Å². The molecule has 0 atom stereocenters. The Kier molecular flexibility index (Phi) is 2.71. The van der Waals surface area contributed by atoms with Crippen molar-refractivity contribution in [3.63, 3.8) is 0 Å². The van der Waals surface area contributed by atoms with E-state index in [0.29, 0.717) is 4.57 Å². The van der Waals surface area contributed by atoms with Crippen molar-refractivity contribution in [3.05, 3.63) is 205 Å². The second kappa shape index (κ2) is 12.5. The van der Waals surface area contributed by atoms with Crippen molar-refractivity contribution < 1.29 is 46.6 Å². The molecule has 0 spiro atoms. The molecule has 10 aromatic rings. The van der Waals surface area contributed by atoms with Crippen molar-refractivity contribution in [2.75, 3.05) is 4.90 Å². The first-order valence-corrected chi connectivity index (χ1v) is 15.1. The molecule has 52 heavy (non-hydrogen) atoms. The molecule has 0 aliphatic rings. The average Bonchev–Trinajstić information content (AvgIpc) is 1.47. The molecule has 0 fully saturated rings. The van der Waals surface area contributed by atoms with E-state index in [1.54, 1.807) is 0 Å². The standard InChI is InChI=1S/C50H34N2/c1-3-11-35(12-4-1)37-21-27-43(28-22-37)51(44-29-23-38(24-30-44)41-20-19-36-13-7-8-14-40(36)33-41)45-31-25-39-26-32-47-46-17-9-10-18-49(46)52(50(47)48(39)34-45)42-15-5-2-6-16-42/h1-34H/i1D,2D,3D,4D,5D,6D,7D,8D,9D,10D,11D,12D,13D,14D,15D,16D,17D,18D,19D,20D,21D,22D,23D,24D,25D,26D,27D,28D,29D,30D,31D,32D,33D,34D. The van der Waals surface area contributed by atoms with Crippen LogP contribution in [-0.4, -0.2) is 4.57 Å². The van der Waals surface area contributed by atoms with E-state index in [1.807, 2.05) is 0 Å². The summed E-state index contributed by atoms with van der Waals surface area (Å²) in [5.74, 6) is 0. The summed E-state index contributed by atoms with van der Waals surface area (Å²) in [7, 11) is 0. The summed E-state index contributed by atoms with van der Waals surface area (Å²) in [6, 6.07) is -36.5. The number of aromatic nitrogens is 1. The lowest BCUT2D eigenvalue weighted by molar-refractivity contribution is 1.19. The number of hydrogen-bond donors (Lipinski definition) is 0. The minimum absolute atomic E-state index is 0.270. The van der Waals surface area contributed by atoms with Gasteiger partial charge in [-0.15, -0.1) is 0 Å². The Hall–Kier alpha value is -6.90. The lowest BCUT2D eigenvalue weighted by atomic mass is 10.0. The molecule has 2 heteroatoms. The van der Waals surface area contributed by atoms with E-state index in [0.717, 1.165) is 0 Å². The van der Waals surface area contributed by atoms with Gasteiger partial charge in [0, 0.05) is 38.9 Å². The Balaban J connectivity index is 1.47. The third kappa shape index (κ3) is 5.12. The highest BCUT2D eigenvalue weighted by molar-refractivity contribution is 6.19. The summed E-state index contributed by atoms with van der Waals surface area (Å²) >= 11 is 0. The fourth-order valence-corrected chi connectivity index (χ4v) is 5.54. The number of fused-ring (bicyclic) bond motifs is 6. The smallest absolute Gasteiger partial charge is 0.0652 e. The highest BCUT2D eigenvalue weighted by Gasteiger charge is 2.18. The van der Waals surface area contributed by atoms with Crippen LogP contribution in [0.2, 0.25) is 0 Å². The molecule has 10 rings (SSSR count). The SMILES string of the molecule is [2H]c1c([2H])c([2H])c(-c2c([2H])c([2H])c(N(c3c([2H])c([2H])c(-c4c([2H])c([2H])c5c([2H])c([2H])c([2H])c([2H])c5c4[2H])c([2H])c3[2H])c3c([2H])c([2H])c4c([2H])c([2H])c5c6c([2H])c([2H])c([2H])c([2H])c6n(-c6c([2H])c([2H])c([2H])c([2H])c6[2H])c5c4c3[2H])c([2H])c2[2H])c([2H])c1[2H]. The van der Waals surface area contributed by atoms with Gasteiger partial charge in [0.2, 0.25) is 0 Å². The summed E-state index contributed by atoms with van der Waals surface area (Å²) in [6.07, 6.45) is 0. The zero-order valence-corrected chi connectivity index (χ0v) is 25.9. The van der Waals surface area contributed by atoms with E-state index in [4.69, 9.17) is 26.0 Å². The molecule has 0 radical (unpaired) electrons. The Morgan fingerprint density at radius 3 is 1.63 bits per heavy atom. The molecule has 0 aliphatic carbocycles. The van der Waals surface area contributed by atoms with Gasteiger partial charge in [-0.2, -0.15) is 0 Å². The van der Waals surface area contributed by atoms with E-state index in [2.05, 4.69) is 0 Å². The molecule has 0 saturated heterocycles. The molecule has 9 aromatic carbocycles. The largest absolute Gasteiger partial charge is 0.310 e. The summed E-state index contributed by atoms with van der Waals surface area (Å²) in [4.78, 5) is 0.270. The van der Waals surface area contributed by atoms with Crippen LogP contribution < -0.4 is 4.90 Å². The number of anilines is 3. The molecule has 0 amide bonds. The monoisotopic (exact) mass is 696 g/mol. The van der Waals surface area contributed by atoms with E-state index in [-0.39, 0.29) is 4.90 Å². The van der Waals surface area contributed by atoms with Crippen LogP contribution in [0.4, 0.5) is 17.1 Å². The zero-order valence-electron chi connectivity index (χ0n) is 59.9. The first kappa shape index (κ1) is 11.3. The van der Waals surface area contributed by atoms with Crippen LogP contribution in [0.25, 0.3) is 71.3 Å². The number of nitrogens with zero attached hydrogens (tertiary/aromatic N) is 2. The maximum absolute atomic E-state index is 10.3. The van der Waals surface area contributed by atoms with Gasteiger partial charge in [-0.1, -0.05) is 145 Å². The van der Waals surface area contributed by atoms with E-state index < -0.39 is 294 Å². The number of rotatable bonds is 6. The van der Waals surface area contributed by atoms with Crippen molar-refractivity contribution in [3.8, 4) is 27.9 Å². The third-order valence-electron chi connectivity index (χ3n) is 7.81. The summed E-state index contributed by atoms with van der Waals surface area (Å²) in [5.41, 5.74) is -9.83. The van der Waals surface area contributed by atoms with Gasteiger partial charge in [0.05, 0.1) is 57.6 Å². The number of benzene rings is 9. The van der Waals surface area contributed by atoms with Gasteiger partial charge in [-0.05, 0) is 98.8 Å². The third-order valence-corrected chi connectivity index (χ3v) is 7.81. The molecular weight excluding hydrogens is 629 g/mol. The van der Waals surface area contributed by atoms with Crippen LogP contribution in [0.1, 0.15) is 46.6 Å². The Morgan fingerprint density at radius 1 is 0.346 bits per heavy atom. The van der Waals surface area contributed by atoms with Gasteiger partial charge in [0.25, 0.3) is 0 Å². The van der Waals surface area contributed by atoms with E-state index in [1.165, 1.54) is 0 Å². The summed E-state index contributed by atoms with van der Waals surface area (Å²) in [6.45, 7) is 0. The van der Waals surface area contributed by atoms with Crippen molar-refractivity contribution >= 4 is 60.4 Å². The summed E-state index contributed by atoms with van der Waals surface area (Å²) < 4.78 is 308. The molecular formula is C50H34N2. The quantitative estimate of drug-likeness (QED) is 0.168. The molecule has 0 unspecified atom stereocenters. The fraction of sp³-hybridized carbons (Fsp3) is 0. The predicted molar refractivity (Wildman–Crippen MR) is 221 cm³/mol. The van der Waals surface area contributed by atoms with Gasteiger partial charge < -0.3 is 9.47 Å². The van der Waals surface area contributed by atoms with E-state index >= 15 is 0 Å². The van der Waals surface area contributed by atoms with Crippen LogP contribution >= 0.6 is 0 Å². The zero-order chi connectivity index (χ0) is 64.0. The van der Waals surface area contributed by atoms with Crippen molar-refractivity contribution in [2.45, 2.75) is 0 Å². The molecule has 1 aromatic heterocycles. The fourth-order valence-electron chi connectivity index (χ4n) is 5.54. The summed E-state index contributed by atoms with van der Waals surface area (Å²) in [5, 5.41) is -4.38. The molecule has 0 aliphatic heterocycles. The van der Waals surface area contributed by atoms with Gasteiger partial charge in [-0.25, -0.2) is 0 Å². The predicted octanol–water partition coefficient (Wildman–Crippen LogP) is 13.9. The lowest BCUT2D eigenvalue weighted by Gasteiger charge is -2.26. The minimum atomic E-state index is -1.36. The van der Waals surface area contributed by atoms with Gasteiger partial charge >= 0.3 is 0 Å². The van der Waals surface area contributed by atoms with Crippen molar-refractivity contribution in [1.29, 1.82) is 0 Å². The number of hydrogen-bond acceptors (Lipinski definition) is 1. The molecule has 2 nitrogen and oxygen atoms in total. The Bertz CT molecular complexity index is 4760. The van der Waals surface area contributed by atoms with Gasteiger partial charge in [0.15, 0.2) is 0 Å². The maximum atomic E-state index is 10.3. The van der Waals surface area contributed by atoms with Crippen LogP contribution in [0.3, 0.4) is 0 Å². The van der Waals surface area contributed by atoms with Crippen LogP contribution in [0, 0.1) is 0 Å². The molecule has 244 valence electrons. The minimum Gasteiger partial charge on any atom is -0.310 e. The molecule has 0 saturated carbocycles. The molecule has 0 bridgehead atoms. The highest BCUT2D eigenvalue weighted by atomic mass is 15.1. The van der Waals surface area contributed by atoms with Gasteiger partial charge in [-0.3, -0.25) is 0 Å². The first-order valence-electron chi connectivity index (χ1n) is 32.1. The topological polar surface area (TPSA) is 8.17 Å². The average molecular weight is 697 g/mol. The van der Waals surface area contributed by atoms with Crippen LogP contribution in [-0.2, 0) is 0 Å². The lowest BCUT2D eigenvalue weighted by Crippen LogP contribution is -2.10. The molecule has 1 heterocycles. The Morgan fingerprint density at radius 2 is 0.885 bits per heavy atom. The van der Waals surface area contributed by atoms with Crippen molar-refractivity contribution in [1.82, 2.24) is 4.57 Å². The van der Waals surface area contributed by atoms with Crippen LogP contribution in [0.5, 0.6) is 0 Å². The molecule has 0 N–H and O–H groups in total. The highest BCUT2D eigenvalue weighted by Crippen LogP contribution is 2.42. The maximum Gasteiger partial charge on any atom is 0.0652 e. The van der Waals surface area contributed by atoms with Crippen LogP contribution in [0.15, 0.2) is 205 Å². The first-order chi connectivity index (χ1) is 40.0. The van der Waals surface area contributed by atoms with Gasteiger partial charge in [0.1, 0.15) is 0 Å².